The Labute approximate surface area is 244 Å². The number of aryl methyl sites for hydroxylation is 2. The summed E-state index contributed by atoms with van der Waals surface area (Å²) in [6.07, 6.45) is 5.51. The first-order valence-corrected chi connectivity index (χ1v) is 13.8. The molecule has 0 atom stereocenters. The lowest BCUT2D eigenvalue weighted by molar-refractivity contribution is -0.137. The molecular formula is C34H42O7. The third-order valence-corrected chi connectivity index (χ3v) is 5.59. The average molecular weight is 563 g/mol. The second kappa shape index (κ2) is 20.5. The molecule has 3 rings (SSSR count). The molecule has 0 aliphatic heterocycles. The van der Waals surface area contributed by atoms with Crippen molar-refractivity contribution in [3.8, 4) is 17.2 Å². The Kier molecular flexibility index (Phi) is 17.3. The molecule has 0 aliphatic rings. The number of aldehydes is 1. The van der Waals surface area contributed by atoms with Crippen LogP contribution in [0.25, 0.3) is 0 Å². The number of hydrogen-bond donors (Lipinski definition) is 0. The third-order valence-electron chi connectivity index (χ3n) is 5.59. The van der Waals surface area contributed by atoms with Crippen molar-refractivity contribution in [2.24, 2.45) is 0 Å². The van der Waals surface area contributed by atoms with Crippen LogP contribution in [0, 0.1) is 13.8 Å². The zero-order valence-electron chi connectivity index (χ0n) is 24.8. The van der Waals surface area contributed by atoms with Gasteiger partial charge in [0.15, 0.2) is 0 Å². The van der Waals surface area contributed by atoms with Gasteiger partial charge in [-0.2, -0.15) is 0 Å². The first-order valence-electron chi connectivity index (χ1n) is 13.8. The number of methoxy groups -OCH3 is 1. The molecule has 220 valence electrons. The Morgan fingerprint density at radius 2 is 1.41 bits per heavy atom. The largest absolute Gasteiger partial charge is 0.496 e. The van der Waals surface area contributed by atoms with Crippen LogP contribution < -0.4 is 14.2 Å². The molecule has 3 aromatic rings. The van der Waals surface area contributed by atoms with E-state index in [1.165, 1.54) is 11.1 Å². The van der Waals surface area contributed by atoms with E-state index in [4.69, 9.17) is 18.9 Å². The molecule has 0 spiro atoms. The summed E-state index contributed by atoms with van der Waals surface area (Å²) in [5, 5.41) is 0. The molecule has 0 heterocycles. The molecule has 0 saturated carbocycles. The maximum atomic E-state index is 12.2. The molecule has 7 nitrogen and oxygen atoms in total. The standard InChI is InChI=1S/C23H24O6.C9H12O.C2H6/c1-2-22(25)28-16-6-4-3-5-15-27-20-13-9-19(10-14-20)23(26)29-21-11-7-18(17-24)8-12-21;1-7-4-5-9(10-3)8(2)6-7;1-2/h2,7-14,17H,1,3-6,15-16H2;4-6H,1-3H3;1-2H3. The Morgan fingerprint density at radius 1 is 0.805 bits per heavy atom. The van der Waals surface area contributed by atoms with E-state index >= 15 is 0 Å². The molecule has 3 aromatic carbocycles. The van der Waals surface area contributed by atoms with Gasteiger partial charge < -0.3 is 18.9 Å². The van der Waals surface area contributed by atoms with Crippen molar-refractivity contribution in [3.63, 3.8) is 0 Å². The molecule has 0 amide bonds. The summed E-state index contributed by atoms with van der Waals surface area (Å²) >= 11 is 0. The summed E-state index contributed by atoms with van der Waals surface area (Å²) in [5.41, 5.74) is 3.40. The summed E-state index contributed by atoms with van der Waals surface area (Å²) in [7, 11) is 1.69. The fourth-order valence-corrected chi connectivity index (χ4v) is 3.48. The molecule has 0 fully saturated rings. The lowest BCUT2D eigenvalue weighted by atomic mass is 10.1. The minimum atomic E-state index is -0.479. The smallest absolute Gasteiger partial charge is 0.343 e. The highest BCUT2D eigenvalue weighted by Crippen LogP contribution is 2.18. The van der Waals surface area contributed by atoms with Crippen LogP contribution in [-0.2, 0) is 9.53 Å². The van der Waals surface area contributed by atoms with E-state index in [0.717, 1.165) is 43.8 Å². The molecule has 0 bridgehead atoms. The van der Waals surface area contributed by atoms with E-state index in [9.17, 15) is 14.4 Å². The van der Waals surface area contributed by atoms with E-state index in [1.54, 1.807) is 55.6 Å². The van der Waals surface area contributed by atoms with E-state index in [0.29, 0.717) is 35.8 Å². The van der Waals surface area contributed by atoms with Gasteiger partial charge in [0.1, 0.15) is 23.5 Å². The summed E-state index contributed by atoms with van der Waals surface area (Å²) in [6.45, 7) is 12.4. The second-order valence-electron chi connectivity index (χ2n) is 8.71. The van der Waals surface area contributed by atoms with Crippen LogP contribution >= 0.6 is 0 Å². The molecule has 0 saturated heterocycles. The van der Waals surface area contributed by atoms with Crippen LogP contribution in [0.15, 0.2) is 79.4 Å². The van der Waals surface area contributed by atoms with Crippen molar-refractivity contribution >= 4 is 18.2 Å². The maximum absolute atomic E-state index is 12.2. The van der Waals surface area contributed by atoms with Gasteiger partial charge in [-0.15, -0.1) is 0 Å². The minimum absolute atomic E-state index is 0.375. The number of carbonyl (C=O) groups is 3. The van der Waals surface area contributed by atoms with E-state index in [2.05, 4.69) is 19.6 Å². The van der Waals surface area contributed by atoms with Crippen molar-refractivity contribution in [1.82, 2.24) is 0 Å². The highest BCUT2D eigenvalue weighted by molar-refractivity contribution is 5.91. The van der Waals surface area contributed by atoms with Gasteiger partial charge in [0.2, 0.25) is 0 Å². The number of hydrogen-bond acceptors (Lipinski definition) is 7. The van der Waals surface area contributed by atoms with Gasteiger partial charge in [-0.1, -0.05) is 38.1 Å². The molecular weight excluding hydrogens is 520 g/mol. The molecule has 0 aliphatic carbocycles. The number of benzene rings is 3. The van der Waals surface area contributed by atoms with Crippen LogP contribution in [0.2, 0.25) is 0 Å². The van der Waals surface area contributed by atoms with E-state index in [-0.39, 0.29) is 0 Å². The van der Waals surface area contributed by atoms with Crippen molar-refractivity contribution < 1.29 is 33.3 Å². The first-order chi connectivity index (χ1) is 19.9. The lowest BCUT2D eigenvalue weighted by Gasteiger charge is -2.08. The Balaban J connectivity index is 0.000000584. The van der Waals surface area contributed by atoms with Gasteiger partial charge in [0, 0.05) is 11.6 Å². The van der Waals surface area contributed by atoms with Gasteiger partial charge in [-0.3, -0.25) is 4.79 Å². The van der Waals surface area contributed by atoms with Gasteiger partial charge in [0.05, 0.1) is 25.9 Å². The predicted octanol–water partition coefficient (Wildman–Crippen LogP) is 7.72. The summed E-state index contributed by atoms with van der Waals surface area (Å²) < 4.78 is 20.9. The number of ether oxygens (including phenoxy) is 4. The van der Waals surface area contributed by atoms with Crippen molar-refractivity contribution in [2.75, 3.05) is 20.3 Å². The fourth-order valence-electron chi connectivity index (χ4n) is 3.48. The van der Waals surface area contributed by atoms with Gasteiger partial charge >= 0.3 is 11.9 Å². The summed E-state index contributed by atoms with van der Waals surface area (Å²) in [6, 6.07) is 19.2. The highest BCUT2D eigenvalue weighted by atomic mass is 16.5. The quantitative estimate of drug-likeness (QED) is 0.0692. The fraction of sp³-hybridized carbons (Fsp3) is 0.324. The number of esters is 2. The highest BCUT2D eigenvalue weighted by Gasteiger charge is 2.09. The van der Waals surface area contributed by atoms with Crippen molar-refractivity contribution in [3.05, 3.63) is 102 Å². The van der Waals surface area contributed by atoms with Gasteiger partial charge in [-0.05, 0) is 99.7 Å². The topological polar surface area (TPSA) is 88.1 Å². The van der Waals surface area contributed by atoms with Crippen LogP contribution in [0.4, 0.5) is 0 Å². The molecule has 0 unspecified atom stereocenters. The monoisotopic (exact) mass is 562 g/mol. The van der Waals surface area contributed by atoms with Crippen molar-refractivity contribution in [1.29, 1.82) is 0 Å². The van der Waals surface area contributed by atoms with Gasteiger partial charge in [0.25, 0.3) is 0 Å². The van der Waals surface area contributed by atoms with Crippen LogP contribution in [-0.4, -0.2) is 38.5 Å². The zero-order valence-corrected chi connectivity index (χ0v) is 24.8. The minimum Gasteiger partial charge on any atom is -0.496 e. The van der Waals surface area contributed by atoms with Gasteiger partial charge in [-0.25, -0.2) is 9.59 Å². The summed E-state index contributed by atoms with van der Waals surface area (Å²) in [4.78, 5) is 33.7. The van der Waals surface area contributed by atoms with Crippen LogP contribution in [0.5, 0.6) is 17.2 Å². The van der Waals surface area contributed by atoms with E-state index < -0.39 is 11.9 Å². The van der Waals surface area contributed by atoms with Crippen molar-refractivity contribution in [2.45, 2.75) is 53.4 Å². The molecule has 0 radical (unpaired) electrons. The maximum Gasteiger partial charge on any atom is 0.343 e. The SMILES string of the molecule is C=CC(=O)OCCCCCCOc1ccc(C(=O)Oc2ccc(C=O)cc2)cc1.CC.COc1ccc(C)cc1C. The zero-order chi connectivity index (χ0) is 30.5. The summed E-state index contributed by atoms with van der Waals surface area (Å²) in [5.74, 6) is 1.15. The molecule has 7 heteroatoms. The number of unbranched alkanes of at least 4 members (excludes halogenated alkanes) is 3. The Morgan fingerprint density at radius 3 is 1.98 bits per heavy atom. The predicted molar refractivity (Wildman–Crippen MR) is 162 cm³/mol. The van der Waals surface area contributed by atoms with E-state index in [1.807, 2.05) is 32.9 Å². The third kappa shape index (κ3) is 14.0. The first kappa shape index (κ1) is 34.6. The molecule has 41 heavy (non-hydrogen) atoms. The van der Waals surface area contributed by atoms with Crippen LogP contribution in [0.1, 0.15) is 71.4 Å². The normalized spacial score (nSPS) is 9.59. The Bertz CT molecular complexity index is 1200. The molecule has 0 aromatic heterocycles. The average Bonchev–Trinajstić information content (AvgIpc) is 3.00. The number of carbonyl (C=O) groups excluding carboxylic acids is 3. The lowest BCUT2D eigenvalue weighted by Crippen LogP contribution is -2.08. The van der Waals surface area contributed by atoms with Crippen LogP contribution in [0.3, 0.4) is 0 Å². The Hall–Kier alpha value is -4.39. The number of rotatable bonds is 13. The molecule has 0 N–H and O–H groups in total. The second-order valence-corrected chi connectivity index (χ2v) is 8.71.